The Labute approximate surface area is 129 Å². The summed E-state index contributed by atoms with van der Waals surface area (Å²) in [5, 5.41) is 5.73. The van der Waals surface area contributed by atoms with E-state index in [0.717, 1.165) is 18.8 Å². The molecule has 0 unspecified atom stereocenters. The Morgan fingerprint density at radius 2 is 2.05 bits per heavy atom. The summed E-state index contributed by atoms with van der Waals surface area (Å²) >= 11 is 0. The van der Waals surface area contributed by atoms with Crippen molar-refractivity contribution < 1.29 is 9.18 Å². The lowest BCUT2D eigenvalue weighted by Crippen LogP contribution is -2.21. The number of nitrogens with zero attached hydrogens (tertiary/aromatic N) is 2. The number of anilines is 2. The van der Waals surface area contributed by atoms with E-state index in [9.17, 15) is 9.18 Å². The van der Waals surface area contributed by atoms with Gasteiger partial charge in [-0.2, -0.15) is 0 Å². The van der Waals surface area contributed by atoms with E-state index in [1.807, 2.05) is 14.1 Å². The molecule has 0 aliphatic rings. The maximum Gasteiger partial charge on any atom is 0.257 e. The zero-order valence-corrected chi connectivity index (χ0v) is 12.6. The number of para-hydroxylation sites is 1. The lowest BCUT2D eigenvalue weighted by Gasteiger charge is -2.12. The van der Waals surface area contributed by atoms with Gasteiger partial charge in [-0.05, 0) is 32.3 Å². The number of hydrogen-bond acceptors (Lipinski definition) is 4. The first kappa shape index (κ1) is 15.9. The first-order chi connectivity index (χ1) is 10.6. The van der Waals surface area contributed by atoms with Gasteiger partial charge >= 0.3 is 0 Å². The molecule has 2 N–H and O–H groups in total. The van der Waals surface area contributed by atoms with Crippen molar-refractivity contribution in [1.29, 1.82) is 0 Å². The van der Waals surface area contributed by atoms with Gasteiger partial charge in [-0.15, -0.1) is 0 Å². The number of carbonyl (C=O) groups excluding carboxylic acids is 1. The van der Waals surface area contributed by atoms with E-state index >= 15 is 0 Å². The number of halogens is 1. The van der Waals surface area contributed by atoms with E-state index in [-0.39, 0.29) is 5.69 Å². The summed E-state index contributed by atoms with van der Waals surface area (Å²) < 4.78 is 13.5. The molecule has 1 aromatic heterocycles. The van der Waals surface area contributed by atoms with Gasteiger partial charge < -0.3 is 15.5 Å². The second-order valence-electron chi connectivity index (χ2n) is 5.13. The van der Waals surface area contributed by atoms with Gasteiger partial charge in [0.05, 0.1) is 16.9 Å². The molecule has 1 aromatic carbocycles. The number of likely N-dealkylation sites (N-methyl/N-ethyl adjacent to an activating group) is 1. The first-order valence-electron chi connectivity index (χ1n) is 6.96. The molecule has 0 spiro atoms. The highest BCUT2D eigenvalue weighted by molar-refractivity contribution is 6.04. The molecule has 1 heterocycles. The van der Waals surface area contributed by atoms with E-state index in [0.29, 0.717) is 5.56 Å². The molecule has 5 nitrogen and oxygen atoms in total. The SMILES string of the molecule is CN(C)CCNc1cncc(C(=O)Nc2ccccc2F)c1. The van der Waals surface area contributed by atoms with Crippen molar-refractivity contribution in [2.45, 2.75) is 0 Å². The van der Waals surface area contributed by atoms with Crippen LogP contribution in [0.4, 0.5) is 15.8 Å². The minimum absolute atomic E-state index is 0.151. The molecule has 2 aromatic rings. The molecule has 0 bridgehead atoms. The van der Waals surface area contributed by atoms with Gasteiger partial charge in [0, 0.05) is 25.5 Å². The zero-order valence-electron chi connectivity index (χ0n) is 12.6. The van der Waals surface area contributed by atoms with Crippen LogP contribution in [-0.4, -0.2) is 43.0 Å². The minimum Gasteiger partial charge on any atom is -0.382 e. The number of pyridine rings is 1. The lowest BCUT2D eigenvalue weighted by atomic mass is 10.2. The fourth-order valence-corrected chi connectivity index (χ4v) is 1.84. The third-order valence-electron chi connectivity index (χ3n) is 3.01. The highest BCUT2D eigenvalue weighted by atomic mass is 19.1. The van der Waals surface area contributed by atoms with Gasteiger partial charge in [-0.1, -0.05) is 12.1 Å². The highest BCUT2D eigenvalue weighted by Gasteiger charge is 2.10. The number of rotatable bonds is 6. The summed E-state index contributed by atoms with van der Waals surface area (Å²) in [6.45, 7) is 1.61. The Balaban J connectivity index is 2.02. The second-order valence-corrected chi connectivity index (χ2v) is 5.13. The zero-order chi connectivity index (χ0) is 15.9. The predicted molar refractivity (Wildman–Crippen MR) is 85.6 cm³/mol. The Bertz CT molecular complexity index is 646. The summed E-state index contributed by atoms with van der Waals surface area (Å²) in [7, 11) is 3.97. The lowest BCUT2D eigenvalue weighted by molar-refractivity contribution is 0.102. The number of benzene rings is 1. The Morgan fingerprint density at radius 3 is 2.77 bits per heavy atom. The van der Waals surface area contributed by atoms with Crippen molar-refractivity contribution in [3.8, 4) is 0 Å². The maximum atomic E-state index is 13.5. The van der Waals surface area contributed by atoms with Crippen LogP contribution in [0.2, 0.25) is 0 Å². The van der Waals surface area contributed by atoms with Crippen LogP contribution < -0.4 is 10.6 Å². The average Bonchev–Trinajstić information content (AvgIpc) is 2.49. The molecule has 22 heavy (non-hydrogen) atoms. The molecule has 0 fully saturated rings. The van der Waals surface area contributed by atoms with Crippen molar-refractivity contribution in [3.05, 3.63) is 54.1 Å². The molecule has 0 atom stereocenters. The van der Waals surface area contributed by atoms with Crippen molar-refractivity contribution in [1.82, 2.24) is 9.88 Å². The van der Waals surface area contributed by atoms with Crippen LogP contribution in [0.1, 0.15) is 10.4 Å². The summed E-state index contributed by atoms with van der Waals surface area (Å²) in [4.78, 5) is 18.2. The van der Waals surface area contributed by atoms with Crippen molar-refractivity contribution in [3.63, 3.8) is 0 Å². The molecule has 1 amide bonds. The van der Waals surface area contributed by atoms with Crippen LogP contribution in [0.25, 0.3) is 0 Å². The highest BCUT2D eigenvalue weighted by Crippen LogP contribution is 2.15. The number of nitrogens with one attached hydrogen (secondary N) is 2. The molecule has 0 saturated heterocycles. The Kier molecular flexibility index (Phi) is 5.43. The average molecular weight is 302 g/mol. The van der Waals surface area contributed by atoms with Crippen molar-refractivity contribution in [2.75, 3.05) is 37.8 Å². The smallest absolute Gasteiger partial charge is 0.257 e. The number of aromatic nitrogens is 1. The first-order valence-corrected chi connectivity index (χ1v) is 6.96. The summed E-state index contributed by atoms with van der Waals surface area (Å²) in [5.74, 6) is -0.863. The monoisotopic (exact) mass is 302 g/mol. The fourth-order valence-electron chi connectivity index (χ4n) is 1.84. The van der Waals surface area contributed by atoms with Gasteiger partial charge in [-0.3, -0.25) is 9.78 Å². The topological polar surface area (TPSA) is 57.3 Å². The Hall–Kier alpha value is -2.47. The van der Waals surface area contributed by atoms with Crippen molar-refractivity contribution >= 4 is 17.3 Å². The van der Waals surface area contributed by atoms with Gasteiger partial charge in [0.1, 0.15) is 5.82 Å². The number of amides is 1. The fraction of sp³-hybridized carbons (Fsp3) is 0.250. The molecule has 0 aliphatic heterocycles. The third-order valence-corrected chi connectivity index (χ3v) is 3.01. The van der Waals surface area contributed by atoms with Crippen LogP contribution in [0, 0.1) is 5.82 Å². The van der Waals surface area contributed by atoms with E-state index < -0.39 is 11.7 Å². The largest absolute Gasteiger partial charge is 0.382 e. The van der Waals surface area contributed by atoms with Gasteiger partial charge in [0.15, 0.2) is 0 Å². The number of hydrogen-bond donors (Lipinski definition) is 2. The maximum absolute atomic E-state index is 13.5. The van der Waals surface area contributed by atoms with E-state index in [4.69, 9.17) is 0 Å². The van der Waals surface area contributed by atoms with Crippen molar-refractivity contribution in [2.24, 2.45) is 0 Å². The van der Waals surface area contributed by atoms with Gasteiger partial charge in [0.25, 0.3) is 5.91 Å². The number of carbonyl (C=O) groups is 1. The van der Waals surface area contributed by atoms with Crippen LogP contribution in [-0.2, 0) is 0 Å². The van der Waals surface area contributed by atoms with Crippen LogP contribution >= 0.6 is 0 Å². The predicted octanol–water partition coefficient (Wildman–Crippen LogP) is 2.45. The molecule has 0 saturated carbocycles. The van der Waals surface area contributed by atoms with Gasteiger partial charge in [0.2, 0.25) is 0 Å². The Morgan fingerprint density at radius 1 is 1.27 bits per heavy atom. The molecular weight excluding hydrogens is 283 g/mol. The standard InChI is InChI=1S/C16H19FN4O/c1-21(2)8-7-19-13-9-12(10-18-11-13)16(22)20-15-6-4-3-5-14(15)17/h3-6,9-11,19H,7-8H2,1-2H3,(H,20,22). The van der Waals surface area contributed by atoms with E-state index in [1.165, 1.54) is 18.3 Å². The molecule has 0 radical (unpaired) electrons. The molecule has 116 valence electrons. The van der Waals surface area contributed by atoms with Crippen LogP contribution in [0.5, 0.6) is 0 Å². The van der Waals surface area contributed by atoms with E-state index in [2.05, 4.69) is 20.5 Å². The van der Waals surface area contributed by atoms with E-state index in [1.54, 1.807) is 24.4 Å². The van der Waals surface area contributed by atoms with Gasteiger partial charge in [-0.25, -0.2) is 4.39 Å². The third kappa shape index (κ3) is 4.53. The molecule has 6 heteroatoms. The summed E-state index contributed by atoms with van der Waals surface area (Å²) in [5.41, 5.74) is 1.28. The minimum atomic E-state index is -0.468. The summed E-state index contributed by atoms with van der Waals surface area (Å²) in [6, 6.07) is 7.74. The quantitative estimate of drug-likeness (QED) is 0.860. The molecule has 0 aliphatic carbocycles. The summed E-state index contributed by atoms with van der Waals surface area (Å²) in [6.07, 6.45) is 3.10. The second kappa shape index (κ2) is 7.51. The normalized spacial score (nSPS) is 10.5. The van der Waals surface area contributed by atoms with Crippen LogP contribution in [0.15, 0.2) is 42.7 Å². The molecule has 2 rings (SSSR count). The van der Waals surface area contributed by atoms with Crippen LogP contribution in [0.3, 0.4) is 0 Å². The molecular formula is C16H19FN4O.